The highest BCUT2D eigenvalue weighted by molar-refractivity contribution is 8.19. The Morgan fingerprint density at radius 3 is 2.45 bits per heavy atom. The van der Waals surface area contributed by atoms with Gasteiger partial charge in [0.25, 0.3) is 5.91 Å². The van der Waals surface area contributed by atoms with Crippen LogP contribution in [0.25, 0.3) is 0 Å². The number of carbonyl (C=O) groups excluding carboxylic acids is 1. The Morgan fingerprint density at radius 1 is 0.931 bits per heavy atom. The van der Waals surface area contributed by atoms with Crippen molar-refractivity contribution in [2.24, 2.45) is 4.99 Å². The van der Waals surface area contributed by atoms with Crippen LogP contribution in [0.2, 0.25) is 0 Å². The maximum Gasteiger partial charge on any atom is 0.269 e. The van der Waals surface area contributed by atoms with E-state index in [0.29, 0.717) is 6.54 Å². The quantitative estimate of drug-likeness (QED) is 0.557. The highest BCUT2D eigenvalue weighted by atomic mass is 32.2. The van der Waals surface area contributed by atoms with Gasteiger partial charge in [-0.05, 0) is 42.8 Å². The van der Waals surface area contributed by atoms with Crippen molar-refractivity contribution in [2.75, 3.05) is 18.0 Å². The lowest BCUT2D eigenvalue weighted by Crippen LogP contribution is -2.31. The van der Waals surface area contributed by atoms with E-state index in [1.807, 2.05) is 23.1 Å². The average molecular weight is 424 g/mol. The molecule has 0 N–H and O–H groups in total. The molecule has 0 spiro atoms. The monoisotopic (exact) mass is 423 g/mol. The molecule has 1 amide bonds. The van der Waals surface area contributed by atoms with Crippen molar-refractivity contribution in [3.63, 3.8) is 0 Å². The fourth-order valence-electron chi connectivity index (χ4n) is 3.43. The first kappa shape index (κ1) is 20.1. The molecule has 6 heteroatoms. The van der Waals surface area contributed by atoms with Crippen LogP contribution in [0.4, 0.5) is 5.69 Å². The molecule has 0 saturated carbocycles. The first-order valence-electron chi connectivity index (χ1n) is 10.1. The van der Waals surface area contributed by atoms with Crippen LogP contribution in [0, 0.1) is 0 Å². The molecule has 0 bridgehead atoms. The summed E-state index contributed by atoms with van der Waals surface area (Å²) < 4.78 is 0. The summed E-state index contributed by atoms with van der Waals surface area (Å²) in [5.74, 6) is 0.0871. The number of amidine groups is 1. The molecule has 2 aliphatic heterocycles. The fourth-order valence-corrected chi connectivity index (χ4v) is 5.82. The molecule has 0 atom stereocenters. The van der Waals surface area contributed by atoms with Gasteiger partial charge in [-0.25, -0.2) is 0 Å². The maximum absolute atomic E-state index is 13.4. The smallest absolute Gasteiger partial charge is 0.269 e. The first-order valence-corrected chi connectivity index (χ1v) is 11.7. The van der Waals surface area contributed by atoms with E-state index in [2.05, 4.69) is 55.1 Å². The third kappa shape index (κ3) is 4.09. The van der Waals surface area contributed by atoms with Gasteiger partial charge in [0, 0.05) is 18.0 Å². The third-order valence-electron chi connectivity index (χ3n) is 4.96. The summed E-state index contributed by atoms with van der Waals surface area (Å²) >= 11 is 3.22. The number of unbranched alkanes of at least 4 members (excludes halogenated alkanes) is 1. The molecule has 0 radical (unpaired) electrons. The Labute approximate surface area is 181 Å². The van der Waals surface area contributed by atoms with Crippen molar-refractivity contribution in [1.29, 1.82) is 0 Å². The highest BCUT2D eigenvalue weighted by Crippen LogP contribution is 2.50. The number of hydrogen-bond acceptors (Lipinski definition) is 5. The molecule has 1 saturated heterocycles. The number of aliphatic imine (C=N–C) groups is 1. The second-order valence-corrected chi connectivity index (χ2v) is 8.95. The van der Waals surface area contributed by atoms with Gasteiger partial charge in [0.05, 0.1) is 12.2 Å². The molecule has 1 fully saturated rings. The summed E-state index contributed by atoms with van der Waals surface area (Å²) in [4.78, 5) is 24.3. The molecule has 0 aliphatic carbocycles. The lowest BCUT2D eigenvalue weighted by Gasteiger charge is -2.19. The van der Waals surface area contributed by atoms with Crippen molar-refractivity contribution in [3.8, 4) is 0 Å². The van der Waals surface area contributed by atoms with Crippen LogP contribution in [0.1, 0.15) is 32.3 Å². The number of benzene rings is 2. The Bertz CT molecular complexity index is 956. The average Bonchev–Trinajstić information content (AvgIpc) is 3.28. The van der Waals surface area contributed by atoms with Gasteiger partial charge in [0.2, 0.25) is 0 Å². The van der Waals surface area contributed by atoms with Crippen LogP contribution in [0.5, 0.6) is 0 Å². The third-order valence-corrected chi connectivity index (χ3v) is 7.37. The molecule has 2 aliphatic rings. The second kappa shape index (κ2) is 9.09. The summed E-state index contributed by atoms with van der Waals surface area (Å²) in [6.45, 7) is 6.42. The molecule has 2 aromatic carbocycles. The number of thioether (sulfide) groups is 2. The van der Waals surface area contributed by atoms with Gasteiger partial charge in [0.1, 0.15) is 9.93 Å². The molecule has 0 unspecified atom stereocenters. The minimum Gasteiger partial charge on any atom is -0.334 e. The largest absolute Gasteiger partial charge is 0.334 e. The zero-order chi connectivity index (χ0) is 20.2. The van der Waals surface area contributed by atoms with Gasteiger partial charge in [-0.2, -0.15) is 0 Å². The van der Waals surface area contributed by atoms with E-state index >= 15 is 0 Å². The van der Waals surface area contributed by atoms with Gasteiger partial charge in [-0.3, -0.25) is 14.7 Å². The molecule has 2 aromatic rings. The van der Waals surface area contributed by atoms with Gasteiger partial charge >= 0.3 is 0 Å². The van der Waals surface area contributed by atoms with E-state index in [1.54, 1.807) is 11.8 Å². The predicted molar refractivity (Wildman–Crippen MR) is 124 cm³/mol. The summed E-state index contributed by atoms with van der Waals surface area (Å²) in [6, 6.07) is 18.6. The number of amides is 1. The fraction of sp³-hybridized carbons (Fsp3) is 0.304. The number of hydrogen-bond donors (Lipinski definition) is 0. The van der Waals surface area contributed by atoms with Crippen LogP contribution < -0.4 is 4.90 Å². The normalized spacial score (nSPS) is 20.1. The number of nitrogens with zero attached hydrogens (tertiary/aromatic N) is 3. The minimum absolute atomic E-state index is 0.0871. The van der Waals surface area contributed by atoms with E-state index in [-0.39, 0.29) is 5.91 Å². The van der Waals surface area contributed by atoms with E-state index in [4.69, 9.17) is 4.99 Å². The number of para-hydroxylation sites is 1. The maximum atomic E-state index is 13.4. The zero-order valence-corrected chi connectivity index (χ0v) is 18.4. The Kier molecular flexibility index (Phi) is 6.31. The SMILES string of the molecule is CCCCN1C(=O)/C(=C2/Sc3ccccc3N2CC)SC1=NCc1ccccc1. The van der Waals surface area contributed by atoms with E-state index in [1.165, 1.54) is 22.3 Å². The molecular formula is C23H25N3OS2. The van der Waals surface area contributed by atoms with Crippen LogP contribution in [0.3, 0.4) is 0 Å². The molecule has 4 rings (SSSR count). The lowest BCUT2D eigenvalue weighted by molar-refractivity contribution is -0.122. The molecule has 29 heavy (non-hydrogen) atoms. The van der Waals surface area contributed by atoms with Crippen molar-refractivity contribution < 1.29 is 4.79 Å². The number of carbonyl (C=O) groups is 1. The Morgan fingerprint density at radius 2 is 1.69 bits per heavy atom. The summed E-state index contributed by atoms with van der Waals surface area (Å²) in [5, 5.41) is 1.86. The minimum atomic E-state index is 0.0871. The molecular weight excluding hydrogens is 398 g/mol. The van der Waals surface area contributed by atoms with Gasteiger partial charge in [-0.1, -0.05) is 67.6 Å². The van der Waals surface area contributed by atoms with Crippen molar-refractivity contribution in [3.05, 3.63) is 70.1 Å². The van der Waals surface area contributed by atoms with Crippen LogP contribution in [-0.2, 0) is 11.3 Å². The van der Waals surface area contributed by atoms with Crippen LogP contribution in [-0.4, -0.2) is 29.1 Å². The summed E-state index contributed by atoms with van der Waals surface area (Å²) in [6.07, 6.45) is 2.03. The topological polar surface area (TPSA) is 35.9 Å². The Balaban J connectivity index is 1.66. The Hall–Kier alpha value is -2.18. The predicted octanol–water partition coefficient (Wildman–Crippen LogP) is 5.72. The molecule has 0 aromatic heterocycles. The summed E-state index contributed by atoms with van der Waals surface area (Å²) in [5.41, 5.74) is 2.34. The van der Waals surface area contributed by atoms with E-state index in [0.717, 1.165) is 46.6 Å². The van der Waals surface area contributed by atoms with Crippen molar-refractivity contribution >= 4 is 40.3 Å². The van der Waals surface area contributed by atoms with Crippen LogP contribution >= 0.6 is 23.5 Å². The molecule has 150 valence electrons. The number of rotatable bonds is 6. The number of anilines is 1. The lowest BCUT2D eigenvalue weighted by atomic mass is 10.2. The number of fused-ring (bicyclic) bond motifs is 1. The van der Waals surface area contributed by atoms with E-state index < -0.39 is 0 Å². The van der Waals surface area contributed by atoms with Crippen molar-refractivity contribution in [1.82, 2.24) is 4.90 Å². The molecule has 4 nitrogen and oxygen atoms in total. The van der Waals surface area contributed by atoms with E-state index in [9.17, 15) is 4.79 Å². The van der Waals surface area contributed by atoms with Gasteiger partial charge < -0.3 is 4.90 Å². The van der Waals surface area contributed by atoms with Crippen molar-refractivity contribution in [2.45, 2.75) is 38.1 Å². The second-order valence-electron chi connectivity index (χ2n) is 6.95. The van der Waals surface area contributed by atoms with Gasteiger partial charge in [0.15, 0.2) is 5.17 Å². The highest BCUT2D eigenvalue weighted by Gasteiger charge is 2.39. The van der Waals surface area contributed by atoms with Crippen LogP contribution in [0.15, 0.2) is 74.4 Å². The zero-order valence-electron chi connectivity index (χ0n) is 16.8. The first-order chi connectivity index (χ1) is 14.2. The van der Waals surface area contributed by atoms with Gasteiger partial charge in [-0.15, -0.1) is 0 Å². The summed E-state index contributed by atoms with van der Waals surface area (Å²) in [7, 11) is 0. The standard InChI is InChI=1S/C23H25N3OS2/c1-3-5-15-26-21(27)20(29-23(26)24-16-17-11-7-6-8-12-17)22-25(4-2)18-13-9-10-14-19(18)28-22/h6-14H,3-5,15-16H2,1-2H3/b22-20-,24-23?. The molecule has 2 heterocycles.